The summed E-state index contributed by atoms with van der Waals surface area (Å²) in [6, 6.07) is 3.47. The first kappa shape index (κ1) is 17.8. The summed E-state index contributed by atoms with van der Waals surface area (Å²) in [7, 11) is 5.91. The molecule has 0 atom stereocenters. The highest BCUT2D eigenvalue weighted by atomic mass is 19.3. The molecule has 0 saturated carbocycles. The molecule has 1 N–H and O–H groups in total. The second-order valence-corrected chi connectivity index (χ2v) is 5.49. The first-order valence-corrected chi connectivity index (χ1v) is 7.53. The second-order valence-electron chi connectivity index (χ2n) is 5.49. The Kier molecular flexibility index (Phi) is 4.60. The van der Waals surface area contributed by atoms with Crippen LogP contribution in [0.25, 0.3) is 22.2 Å². The minimum absolute atomic E-state index is 0.0227. The molecule has 138 valence electrons. The number of nitrogens with zero attached hydrogens (tertiary/aromatic N) is 5. The monoisotopic (exact) mass is 365 g/mol. The van der Waals surface area contributed by atoms with Crippen molar-refractivity contribution < 1.29 is 23.5 Å². The lowest BCUT2D eigenvalue weighted by Gasteiger charge is -2.14. The Morgan fingerprint density at radius 3 is 2.27 bits per heavy atom. The number of rotatable bonds is 5. The number of hydroxylamine groups is 1. The first-order chi connectivity index (χ1) is 12.4. The molecule has 0 radical (unpaired) electrons. The molecule has 0 unspecified atom stereocenters. The molecule has 0 aromatic carbocycles. The van der Waals surface area contributed by atoms with Crippen molar-refractivity contribution in [2.75, 3.05) is 26.3 Å². The van der Waals surface area contributed by atoms with Gasteiger partial charge in [0.25, 0.3) is 6.43 Å². The molecule has 0 aliphatic carbocycles. The van der Waals surface area contributed by atoms with Gasteiger partial charge in [0.05, 0.1) is 31.6 Å². The van der Waals surface area contributed by atoms with E-state index in [1.807, 2.05) is 0 Å². The lowest BCUT2D eigenvalue weighted by molar-refractivity contribution is 0.138. The largest absolute Gasteiger partial charge is 0.480 e. The minimum atomic E-state index is -2.86. The lowest BCUT2D eigenvalue weighted by Crippen LogP contribution is -2.11. The number of methoxy groups -OCH3 is 2. The highest BCUT2D eigenvalue weighted by molar-refractivity contribution is 5.90. The maximum Gasteiger partial charge on any atom is 0.297 e. The van der Waals surface area contributed by atoms with Gasteiger partial charge in [-0.15, -0.1) is 0 Å². The quantitative estimate of drug-likeness (QED) is 0.696. The van der Waals surface area contributed by atoms with Crippen LogP contribution in [0.15, 0.2) is 18.3 Å². The molecule has 26 heavy (non-hydrogen) atoms. The predicted octanol–water partition coefficient (Wildman–Crippen LogP) is 2.81. The molecule has 0 aliphatic heterocycles. The van der Waals surface area contributed by atoms with Crippen LogP contribution in [-0.2, 0) is 7.05 Å². The van der Waals surface area contributed by atoms with Crippen LogP contribution >= 0.6 is 0 Å². The average molecular weight is 365 g/mol. The summed E-state index contributed by atoms with van der Waals surface area (Å²) >= 11 is 0. The smallest absolute Gasteiger partial charge is 0.297 e. The summed E-state index contributed by atoms with van der Waals surface area (Å²) < 4.78 is 38.2. The fourth-order valence-electron chi connectivity index (χ4n) is 2.69. The van der Waals surface area contributed by atoms with E-state index in [1.165, 1.54) is 21.3 Å². The molecule has 0 aliphatic rings. The van der Waals surface area contributed by atoms with E-state index in [0.717, 1.165) is 16.0 Å². The van der Waals surface area contributed by atoms with Crippen molar-refractivity contribution in [3.63, 3.8) is 0 Å². The Morgan fingerprint density at radius 1 is 1.15 bits per heavy atom. The third kappa shape index (κ3) is 2.88. The number of aryl methyl sites for hydroxylation is 1. The van der Waals surface area contributed by atoms with Gasteiger partial charge in [0, 0.05) is 19.5 Å². The van der Waals surface area contributed by atoms with E-state index in [2.05, 4.69) is 15.0 Å². The number of fused-ring (bicyclic) bond motifs is 1. The van der Waals surface area contributed by atoms with Crippen molar-refractivity contribution in [1.82, 2.24) is 19.5 Å². The summed E-state index contributed by atoms with van der Waals surface area (Å²) in [6.45, 7) is 0. The predicted molar refractivity (Wildman–Crippen MR) is 90.0 cm³/mol. The second kappa shape index (κ2) is 6.71. The molecule has 8 nitrogen and oxygen atoms in total. The number of pyridine rings is 1. The van der Waals surface area contributed by atoms with Gasteiger partial charge in [0.1, 0.15) is 5.56 Å². The molecule has 3 aromatic heterocycles. The molecule has 0 fully saturated rings. The van der Waals surface area contributed by atoms with Crippen molar-refractivity contribution >= 4 is 16.7 Å². The highest BCUT2D eigenvalue weighted by Gasteiger charge is 2.24. The molecule has 0 spiro atoms. The fraction of sp³-hybridized carbons (Fsp3) is 0.312. The Bertz CT molecular complexity index is 933. The van der Waals surface area contributed by atoms with E-state index in [-0.39, 0.29) is 11.8 Å². The van der Waals surface area contributed by atoms with Crippen LogP contribution < -0.4 is 14.5 Å². The van der Waals surface area contributed by atoms with Gasteiger partial charge in [0.15, 0.2) is 5.82 Å². The number of ether oxygens (including phenoxy) is 2. The van der Waals surface area contributed by atoms with Crippen molar-refractivity contribution in [2.24, 2.45) is 7.05 Å². The molecule has 3 rings (SSSR count). The summed E-state index contributed by atoms with van der Waals surface area (Å²) in [5.41, 5.74) is 1.69. The van der Waals surface area contributed by atoms with Crippen molar-refractivity contribution in [3.05, 3.63) is 24.2 Å². The number of halogens is 2. The van der Waals surface area contributed by atoms with E-state index >= 15 is 0 Å². The van der Waals surface area contributed by atoms with Crippen molar-refractivity contribution in [2.45, 2.75) is 6.43 Å². The molecule has 0 amide bonds. The number of hydrogen-bond donors (Lipinski definition) is 1. The van der Waals surface area contributed by atoms with Crippen LogP contribution in [0.5, 0.6) is 11.8 Å². The Morgan fingerprint density at radius 2 is 1.77 bits per heavy atom. The number of hydrogen-bond acceptors (Lipinski definition) is 7. The summed E-state index contributed by atoms with van der Waals surface area (Å²) in [4.78, 5) is 11.7. The Labute approximate surface area is 147 Å². The van der Waals surface area contributed by atoms with Gasteiger partial charge < -0.3 is 14.0 Å². The molecule has 0 saturated heterocycles. The zero-order chi connectivity index (χ0) is 19.0. The molecular weight excluding hydrogens is 348 g/mol. The number of anilines is 1. The molecular formula is C16H17F2N5O3. The average Bonchev–Trinajstić information content (AvgIpc) is 2.96. The van der Waals surface area contributed by atoms with Crippen LogP contribution in [0.4, 0.5) is 14.6 Å². The zero-order valence-corrected chi connectivity index (χ0v) is 14.6. The van der Waals surface area contributed by atoms with Gasteiger partial charge in [-0.1, -0.05) is 0 Å². The summed E-state index contributed by atoms with van der Waals surface area (Å²) in [6.07, 6.45) is -1.26. The third-order valence-corrected chi connectivity index (χ3v) is 3.94. The van der Waals surface area contributed by atoms with Gasteiger partial charge in [-0.2, -0.15) is 9.97 Å². The molecule has 0 bridgehead atoms. The minimum Gasteiger partial charge on any atom is -0.480 e. The summed E-state index contributed by atoms with van der Waals surface area (Å²) in [5, 5.41) is 11.2. The topological polar surface area (TPSA) is 85.5 Å². The lowest BCUT2D eigenvalue weighted by atomic mass is 10.2. The van der Waals surface area contributed by atoms with Crippen molar-refractivity contribution in [3.8, 4) is 23.0 Å². The Balaban J connectivity index is 2.27. The van der Waals surface area contributed by atoms with E-state index in [9.17, 15) is 14.0 Å². The fourth-order valence-corrected chi connectivity index (χ4v) is 2.69. The van der Waals surface area contributed by atoms with E-state index in [1.54, 1.807) is 29.9 Å². The Hall–Kier alpha value is -3.01. The summed E-state index contributed by atoms with van der Waals surface area (Å²) in [5.74, 6) is -0.360. The standard InChI is InChI=1S/C16H17F2N5O3/c1-22-9(5-8-6-11(23(2)24)19-7-10(8)22)12-15(25-3)20-14(13(17)18)21-16(12)26-4/h5-7,13,24H,1-4H3. The van der Waals surface area contributed by atoms with E-state index in [4.69, 9.17) is 9.47 Å². The van der Waals surface area contributed by atoms with Gasteiger partial charge in [-0.3, -0.25) is 5.21 Å². The maximum absolute atomic E-state index is 13.0. The van der Waals surface area contributed by atoms with Crippen LogP contribution in [0, 0.1) is 0 Å². The third-order valence-electron chi connectivity index (χ3n) is 3.94. The highest BCUT2D eigenvalue weighted by Crippen LogP contribution is 2.39. The van der Waals surface area contributed by atoms with Crippen molar-refractivity contribution in [1.29, 1.82) is 0 Å². The normalized spacial score (nSPS) is 11.2. The number of aromatic nitrogens is 4. The SMILES string of the molecule is COc1nc(C(F)F)nc(OC)c1-c1cc2cc(N(C)O)ncc2n1C. The van der Waals surface area contributed by atoms with Crippen LogP contribution in [0.2, 0.25) is 0 Å². The van der Waals surface area contributed by atoms with Gasteiger partial charge in [-0.25, -0.2) is 18.8 Å². The van der Waals surface area contributed by atoms with Gasteiger partial charge in [-0.05, 0) is 12.1 Å². The number of alkyl halides is 2. The molecule has 3 heterocycles. The maximum atomic E-state index is 13.0. The molecule has 10 heteroatoms. The zero-order valence-electron chi connectivity index (χ0n) is 14.6. The van der Waals surface area contributed by atoms with Crippen LogP contribution in [0.3, 0.4) is 0 Å². The van der Waals surface area contributed by atoms with Gasteiger partial charge in [0.2, 0.25) is 17.6 Å². The van der Waals surface area contributed by atoms with E-state index < -0.39 is 12.2 Å². The molecule has 3 aromatic rings. The van der Waals surface area contributed by atoms with Gasteiger partial charge >= 0.3 is 0 Å². The van der Waals surface area contributed by atoms with Crippen LogP contribution in [-0.4, -0.2) is 46.0 Å². The first-order valence-electron chi connectivity index (χ1n) is 7.53. The van der Waals surface area contributed by atoms with E-state index in [0.29, 0.717) is 17.1 Å². The van der Waals surface area contributed by atoms with Crippen LogP contribution in [0.1, 0.15) is 12.2 Å².